The third-order valence-corrected chi connectivity index (χ3v) is 8.55. The molecule has 112 valence electrons. The third kappa shape index (κ3) is 3.37. The van der Waals surface area contributed by atoms with E-state index < -0.39 is 38.7 Å². The highest BCUT2D eigenvalue weighted by atomic mass is 28.4. The molecule has 1 aliphatic heterocycles. The van der Waals surface area contributed by atoms with Crippen LogP contribution in [-0.4, -0.2) is 50.9 Å². The number of rotatable bonds is 4. The number of methoxy groups -OCH3 is 1. The molecule has 0 aromatic rings. The largest absolute Gasteiger partial charge is 0.467 e. The summed E-state index contributed by atoms with van der Waals surface area (Å²) in [5, 5.41) is 9.71. The standard InChI is InChI=1S/C13H26O5Si/c1-8(14)9-10(11(17-9)12(15)16-5)18-19(6,7)13(2,3)4/h8-11,14H,1-7H3/t8-,9-,10-,11+/m0/s1. The summed E-state index contributed by atoms with van der Waals surface area (Å²) in [6.07, 6.45) is -2.28. The van der Waals surface area contributed by atoms with Crippen molar-refractivity contribution < 1.29 is 23.8 Å². The van der Waals surface area contributed by atoms with Gasteiger partial charge in [0, 0.05) is 0 Å². The molecule has 1 rings (SSSR count). The van der Waals surface area contributed by atoms with Gasteiger partial charge in [0.15, 0.2) is 14.4 Å². The molecule has 5 nitrogen and oxygen atoms in total. The second-order valence-electron chi connectivity index (χ2n) is 6.63. The summed E-state index contributed by atoms with van der Waals surface area (Å²) in [4.78, 5) is 11.6. The lowest BCUT2D eigenvalue weighted by Gasteiger charge is -2.49. The van der Waals surface area contributed by atoms with Gasteiger partial charge in [-0.3, -0.25) is 0 Å². The maximum Gasteiger partial charge on any atom is 0.337 e. The Hall–Kier alpha value is -0.433. The number of carbonyl (C=O) groups excluding carboxylic acids is 1. The lowest BCUT2D eigenvalue weighted by Crippen LogP contribution is -2.66. The van der Waals surface area contributed by atoms with Gasteiger partial charge < -0.3 is 19.0 Å². The first-order valence-electron chi connectivity index (χ1n) is 6.60. The summed E-state index contributed by atoms with van der Waals surface area (Å²) in [5.41, 5.74) is 0. The second kappa shape index (κ2) is 5.52. The molecule has 6 heteroatoms. The van der Waals surface area contributed by atoms with Gasteiger partial charge in [0.2, 0.25) is 0 Å². The normalized spacial score (nSPS) is 29.6. The van der Waals surface area contributed by atoms with Crippen LogP contribution in [0, 0.1) is 0 Å². The maximum atomic E-state index is 11.6. The van der Waals surface area contributed by atoms with Crippen LogP contribution in [0.15, 0.2) is 0 Å². The van der Waals surface area contributed by atoms with E-state index in [-0.39, 0.29) is 5.04 Å². The molecular formula is C13H26O5Si. The van der Waals surface area contributed by atoms with Crippen molar-refractivity contribution in [1.29, 1.82) is 0 Å². The van der Waals surface area contributed by atoms with E-state index in [1.165, 1.54) is 7.11 Å². The van der Waals surface area contributed by atoms with Crippen LogP contribution in [-0.2, 0) is 18.7 Å². The van der Waals surface area contributed by atoms with Crippen molar-refractivity contribution in [3.05, 3.63) is 0 Å². The van der Waals surface area contributed by atoms with Crippen molar-refractivity contribution in [2.45, 2.75) is 70.2 Å². The Balaban J connectivity index is 2.83. The summed E-state index contributed by atoms with van der Waals surface area (Å²) in [7, 11) is -0.700. The average Bonchev–Trinajstić information content (AvgIpc) is 2.22. The summed E-state index contributed by atoms with van der Waals surface area (Å²) < 4.78 is 16.3. The van der Waals surface area contributed by atoms with Gasteiger partial charge in [-0.15, -0.1) is 0 Å². The molecule has 0 radical (unpaired) electrons. The topological polar surface area (TPSA) is 65.0 Å². The minimum Gasteiger partial charge on any atom is -0.467 e. The molecule has 0 aliphatic carbocycles. The lowest BCUT2D eigenvalue weighted by molar-refractivity contribution is -0.247. The van der Waals surface area contributed by atoms with Crippen LogP contribution >= 0.6 is 0 Å². The van der Waals surface area contributed by atoms with Gasteiger partial charge in [-0.05, 0) is 25.1 Å². The molecule has 0 bridgehead atoms. The van der Waals surface area contributed by atoms with Crippen molar-refractivity contribution in [2.24, 2.45) is 0 Å². The van der Waals surface area contributed by atoms with Gasteiger partial charge in [0.25, 0.3) is 0 Å². The second-order valence-corrected chi connectivity index (χ2v) is 11.4. The van der Waals surface area contributed by atoms with Crippen molar-refractivity contribution >= 4 is 14.3 Å². The van der Waals surface area contributed by atoms with Crippen LogP contribution in [0.4, 0.5) is 0 Å². The molecule has 1 saturated heterocycles. The lowest BCUT2D eigenvalue weighted by atomic mass is 9.97. The van der Waals surface area contributed by atoms with E-state index in [0.717, 1.165) is 0 Å². The van der Waals surface area contributed by atoms with E-state index in [0.29, 0.717) is 0 Å². The van der Waals surface area contributed by atoms with E-state index in [9.17, 15) is 9.90 Å². The Morgan fingerprint density at radius 3 is 2.26 bits per heavy atom. The fraction of sp³-hybridized carbons (Fsp3) is 0.923. The van der Waals surface area contributed by atoms with Gasteiger partial charge in [0.05, 0.1) is 13.2 Å². The predicted molar refractivity (Wildman–Crippen MR) is 74.4 cm³/mol. The molecule has 1 N–H and O–H groups in total. The summed E-state index contributed by atoms with van der Waals surface area (Å²) in [6.45, 7) is 12.2. The van der Waals surface area contributed by atoms with E-state index in [1.807, 2.05) is 0 Å². The van der Waals surface area contributed by atoms with Gasteiger partial charge in [-0.1, -0.05) is 20.8 Å². The van der Waals surface area contributed by atoms with Gasteiger partial charge in [-0.2, -0.15) is 0 Å². The van der Waals surface area contributed by atoms with Crippen molar-refractivity contribution in [2.75, 3.05) is 7.11 Å². The van der Waals surface area contributed by atoms with Crippen LogP contribution in [0.25, 0.3) is 0 Å². The van der Waals surface area contributed by atoms with Crippen LogP contribution < -0.4 is 0 Å². The Morgan fingerprint density at radius 2 is 1.89 bits per heavy atom. The first kappa shape index (κ1) is 16.6. The van der Waals surface area contributed by atoms with E-state index in [4.69, 9.17) is 13.9 Å². The number of esters is 1. The number of aliphatic hydroxyl groups excluding tert-OH is 1. The molecular weight excluding hydrogens is 264 g/mol. The highest BCUT2D eigenvalue weighted by Gasteiger charge is 2.54. The minimum atomic E-state index is -2.02. The van der Waals surface area contributed by atoms with E-state index in [1.54, 1.807) is 6.92 Å². The molecule has 19 heavy (non-hydrogen) atoms. The first-order chi connectivity index (χ1) is 8.51. The number of hydrogen-bond donors (Lipinski definition) is 1. The highest BCUT2D eigenvalue weighted by Crippen LogP contribution is 2.41. The smallest absolute Gasteiger partial charge is 0.337 e. The zero-order chi connectivity index (χ0) is 15.0. The fourth-order valence-corrected chi connectivity index (χ4v) is 3.04. The van der Waals surface area contributed by atoms with Crippen molar-refractivity contribution in [1.82, 2.24) is 0 Å². The Bertz CT molecular complexity index is 334. The number of carbonyl (C=O) groups is 1. The molecule has 0 aromatic heterocycles. The first-order valence-corrected chi connectivity index (χ1v) is 9.51. The van der Waals surface area contributed by atoms with Gasteiger partial charge in [0.1, 0.15) is 12.2 Å². The molecule has 1 fully saturated rings. The molecule has 0 amide bonds. The quantitative estimate of drug-likeness (QED) is 0.630. The number of aliphatic hydroxyl groups is 1. The monoisotopic (exact) mass is 290 g/mol. The zero-order valence-corrected chi connectivity index (χ0v) is 13.9. The highest BCUT2D eigenvalue weighted by molar-refractivity contribution is 6.74. The minimum absolute atomic E-state index is 0.0342. The molecule has 0 saturated carbocycles. The fourth-order valence-electron chi connectivity index (χ4n) is 1.75. The summed E-state index contributed by atoms with van der Waals surface area (Å²) in [6, 6.07) is 0. The SMILES string of the molecule is COC(=O)[C@@H]1O[C@@H]([C@H](C)O)[C@@H]1O[Si](C)(C)C(C)(C)C. The molecule has 1 heterocycles. The maximum absolute atomic E-state index is 11.6. The van der Waals surface area contributed by atoms with Crippen LogP contribution in [0.5, 0.6) is 0 Å². The van der Waals surface area contributed by atoms with Crippen LogP contribution in [0.1, 0.15) is 27.7 Å². The molecule has 0 aromatic carbocycles. The Kier molecular flexibility index (Phi) is 4.82. The number of ether oxygens (including phenoxy) is 2. The molecule has 4 atom stereocenters. The zero-order valence-electron chi connectivity index (χ0n) is 12.9. The van der Waals surface area contributed by atoms with Crippen LogP contribution in [0.2, 0.25) is 18.1 Å². The number of hydrogen-bond acceptors (Lipinski definition) is 5. The van der Waals surface area contributed by atoms with Crippen molar-refractivity contribution in [3.8, 4) is 0 Å². The third-order valence-electron chi connectivity index (χ3n) is 4.07. The summed E-state index contributed by atoms with van der Waals surface area (Å²) >= 11 is 0. The van der Waals surface area contributed by atoms with Gasteiger partial charge in [-0.25, -0.2) is 4.79 Å². The molecule has 0 unspecified atom stereocenters. The predicted octanol–water partition coefficient (Wildman–Crippen LogP) is 1.70. The molecule has 1 aliphatic rings. The van der Waals surface area contributed by atoms with E-state index >= 15 is 0 Å². The van der Waals surface area contributed by atoms with Crippen molar-refractivity contribution in [3.63, 3.8) is 0 Å². The van der Waals surface area contributed by atoms with E-state index in [2.05, 4.69) is 33.9 Å². The Labute approximate surface area is 116 Å². The Morgan fingerprint density at radius 1 is 1.37 bits per heavy atom. The van der Waals surface area contributed by atoms with Crippen LogP contribution in [0.3, 0.4) is 0 Å². The van der Waals surface area contributed by atoms with Gasteiger partial charge >= 0.3 is 5.97 Å². The average molecular weight is 290 g/mol. The molecule has 0 spiro atoms. The summed E-state index contributed by atoms with van der Waals surface area (Å²) in [5.74, 6) is -0.444.